The normalized spacial score (nSPS) is 13.3. The Bertz CT molecular complexity index is 1840. The van der Waals surface area contributed by atoms with E-state index in [4.69, 9.17) is 4.63 Å². The van der Waals surface area contributed by atoms with Crippen molar-refractivity contribution in [1.29, 1.82) is 0 Å². The Balaban J connectivity index is 0.000000603. The van der Waals surface area contributed by atoms with Gasteiger partial charge in [0, 0.05) is 27.9 Å². The summed E-state index contributed by atoms with van der Waals surface area (Å²) >= 11 is 3.55. The maximum Gasteiger partial charge on any atom is 0.276 e. The molecule has 0 aliphatic rings. The molecule has 4 aromatic heterocycles. The lowest BCUT2D eigenvalue weighted by Gasteiger charge is -2.19. The van der Waals surface area contributed by atoms with Gasteiger partial charge in [0.1, 0.15) is 11.0 Å². The first-order chi connectivity index (χ1) is 22.9. The van der Waals surface area contributed by atoms with E-state index in [1.54, 1.807) is 17.4 Å². The van der Waals surface area contributed by atoms with Crippen molar-refractivity contribution in [3.63, 3.8) is 0 Å². The molecule has 0 saturated carbocycles. The molecule has 0 radical (unpaired) electrons. The van der Waals surface area contributed by atoms with Crippen LogP contribution in [0.15, 0.2) is 22.8 Å². The summed E-state index contributed by atoms with van der Waals surface area (Å²) in [6.07, 6.45) is 10.5. The molecule has 4 heterocycles. The number of aryl methyl sites for hydroxylation is 1. The van der Waals surface area contributed by atoms with Gasteiger partial charge >= 0.3 is 0 Å². The Hall–Kier alpha value is -2.78. The SMILES string of the molecule is CC(C)CCCC(C)CCn1c2cc(-c3cc([N+](=O)[O-])c(C(C)(C)C)c4nonc34)sc2c2sc(C(C)(C)C)cc21.CCCCCC(C)C. The Morgan fingerprint density at radius 3 is 2.00 bits per heavy atom. The number of nitro benzene ring substituents is 1. The number of benzene rings is 1. The predicted octanol–water partition coefficient (Wildman–Crippen LogP) is 13.7. The third-order valence-corrected chi connectivity index (χ3v) is 12.3. The van der Waals surface area contributed by atoms with Gasteiger partial charge < -0.3 is 4.57 Å². The summed E-state index contributed by atoms with van der Waals surface area (Å²) in [6, 6.07) is 6.24. The molecule has 0 amide bonds. The van der Waals surface area contributed by atoms with Gasteiger partial charge in [-0.1, -0.05) is 128 Å². The lowest BCUT2D eigenvalue weighted by Crippen LogP contribution is -2.15. The van der Waals surface area contributed by atoms with Crippen molar-refractivity contribution in [2.45, 2.75) is 152 Å². The molecule has 0 bridgehead atoms. The van der Waals surface area contributed by atoms with Crippen LogP contribution in [-0.4, -0.2) is 19.8 Å². The average molecular weight is 709 g/mol. The van der Waals surface area contributed by atoms with E-state index >= 15 is 0 Å². The number of thiophene rings is 2. The molecule has 9 heteroatoms. The van der Waals surface area contributed by atoms with E-state index in [0.717, 1.165) is 29.7 Å². The van der Waals surface area contributed by atoms with Gasteiger partial charge in [-0.25, -0.2) is 4.63 Å². The van der Waals surface area contributed by atoms with Gasteiger partial charge in [-0.05, 0) is 57.5 Å². The van der Waals surface area contributed by atoms with Gasteiger partial charge in [-0.15, -0.1) is 22.7 Å². The fourth-order valence-corrected chi connectivity index (χ4v) is 9.08. The molecule has 0 N–H and O–H groups in total. The third-order valence-electron chi connectivity index (χ3n) is 9.39. The Morgan fingerprint density at radius 1 is 0.796 bits per heavy atom. The Kier molecular flexibility index (Phi) is 12.8. The summed E-state index contributed by atoms with van der Waals surface area (Å²) in [5.74, 6) is 2.30. The van der Waals surface area contributed by atoms with Crippen LogP contribution >= 0.6 is 22.7 Å². The largest absolute Gasteiger partial charge is 0.339 e. The number of nitrogens with zero attached hydrogens (tertiary/aromatic N) is 4. The number of unbranched alkanes of at least 4 members (excludes halogenated alkanes) is 2. The molecule has 5 aromatic rings. The summed E-state index contributed by atoms with van der Waals surface area (Å²) in [6.45, 7) is 27.4. The van der Waals surface area contributed by atoms with E-state index in [1.807, 2.05) is 32.1 Å². The van der Waals surface area contributed by atoms with Crippen LogP contribution in [0.4, 0.5) is 5.69 Å². The van der Waals surface area contributed by atoms with Crippen molar-refractivity contribution in [2.24, 2.45) is 17.8 Å². The molecule has 0 saturated heterocycles. The highest BCUT2D eigenvalue weighted by Gasteiger charge is 2.33. The summed E-state index contributed by atoms with van der Waals surface area (Å²) in [5, 5.41) is 20.6. The first kappa shape index (κ1) is 39.0. The van der Waals surface area contributed by atoms with E-state index in [-0.39, 0.29) is 16.0 Å². The first-order valence-electron chi connectivity index (χ1n) is 18.4. The highest BCUT2D eigenvalue weighted by Crippen LogP contribution is 2.48. The predicted molar refractivity (Wildman–Crippen MR) is 212 cm³/mol. The molecule has 270 valence electrons. The molecule has 0 spiro atoms. The quantitative estimate of drug-likeness (QED) is 0.0690. The van der Waals surface area contributed by atoms with Gasteiger partial charge in [0.2, 0.25) is 0 Å². The van der Waals surface area contributed by atoms with Crippen molar-refractivity contribution in [3.05, 3.63) is 38.8 Å². The van der Waals surface area contributed by atoms with E-state index < -0.39 is 5.41 Å². The second kappa shape index (κ2) is 16.1. The first-order valence-corrected chi connectivity index (χ1v) is 20.1. The van der Waals surface area contributed by atoms with Crippen molar-refractivity contribution in [1.82, 2.24) is 14.9 Å². The fourth-order valence-electron chi connectivity index (χ4n) is 6.53. The number of fused-ring (bicyclic) bond motifs is 4. The van der Waals surface area contributed by atoms with E-state index in [1.165, 1.54) is 70.3 Å². The van der Waals surface area contributed by atoms with E-state index in [2.05, 4.69) is 89.3 Å². The standard InChI is InChI=1S/C32H42N4O3S2.C8H18/c1-18(2)11-10-12-19(3)13-14-35-22-16-24(40-29(22)30-23(35)17-25(41-30)31(4,5)6)20-15-21(36(37)38)26(32(7,8)9)28-27(20)33-39-34-28;1-4-5-6-7-8(2)3/h15-19H,10-14H2,1-9H3;8H,4-7H2,1-3H3. The summed E-state index contributed by atoms with van der Waals surface area (Å²) in [4.78, 5) is 14.3. The van der Waals surface area contributed by atoms with Crippen LogP contribution in [-0.2, 0) is 17.4 Å². The molecule has 5 rings (SSSR count). The second-order valence-corrected chi connectivity index (χ2v) is 19.1. The van der Waals surface area contributed by atoms with Crippen molar-refractivity contribution in [2.75, 3.05) is 0 Å². The van der Waals surface area contributed by atoms with Crippen LogP contribution in [0, 0.1) is 27.9 Å². The molecule has 1 atom stereocenters. The van der Waals surface area contributed by atoms with Crippen LogP contribution in [0.5, 0.6) is 0 Å². The zero-order valence-electron chi connectivity index (χ0n) is 32.2. The molecule has 1 aromatic carbocycles. The molecule has 7 nitrogen and oxygen atoms in total. The highest BCUT2D eigenvalue weighted by atomic mass is 32.1. The van der Waals surface area contributed by atoms with Crippen molar-refractivity contribution in [3.8, 4) is 10.4 Å². The van der Waals surface area contributed by atoms with E-state index in [9.17, 15) is 10.1 Å². The maximum atomic E-state index is 12.3. The molecular formula is C40H60N4O3S2. The second-order valence-electron chi connectivity index (χ2n) is 16.9. The fraction of sp³-hybridized carbons (Fsp3) is 0.650. The minimum absolute atomic E-state index is 0.0585. The maximum absolute atomic E-state index is 12.3. The van der Waals surface area contributed by atoms with Gasteiger partial charge in [0.05, 0.1) is 30.9 Å². The number of hydrogen-bond acceptors (Lipinski definition) is 7. The van der Waals surface area contributed by atoms with E-state index in [0.29, 0.717) is 28.1 Å². The molecule has 1 unspecified atom stereocenters. The smallest absolute Gasteiger partial charge is 0.276 e. The van der Waals surface area contributed by atoms with Crippen LogP contribution in [0.2, 0.25) is 0 Å². The zero-order valence-corrected chi connectivity index (χ0v) is 33.8. The van der Waals surface area contributed by atoms with Crippen LogP contribution < -0.4 is 0 Å². The number of hydrogen-bond donors (Lipinski definition) is 0. The molecule has 0 aliphatic carbocycles. The highest BCUT2D eigenvalue weighted by molar-refractivity contribution is 7.29. The van der Waals surface area contributed by atoms with Crippen molar-refractivity contribution >= 4 is 59.8 Å². The van der Waals surface area contributed by atoms with Gasteiger partial charge in [0.15, 0.2) is 0 Å². The number of rotatable bonds is 13. The van der Waals surface area contributed by atoms with Crippen LogP contribution in [0.1, 0.15) is 145 Å². The lowest BCUT2D eigenvalue weighted by molar-refractivity contribution is -0.385. The lowest BCUT2D eigenvalue weighted by atomic mass is 9.84. The summed E-state index contributed by atoms with van der Waals surface area (Å²) in [7, 11) is 0. The molecular weight excluding hydrogens is 649 g/mol. The van der Waals surface area contributed by atoms with Crippen LogP contribution in [0.25, 0.3) is 41.9 Å². The molecule has 0 aliphatic heterocycles. The Morgan fingerprint density at radius 2 is 1.41 bits per heavy atom. The van der Waals surface area contributed by atoms with Gasteiger partial charge in [-0.3, -0.25) is 10.1 Å². The Labute approximate surface area is 302 Å². The molecule has 49 heavy (non-hydrogen) atoms. The van der Waals surface area contributed by atoms with Gasteiger partial charge in [-0.2, -0.15) is 0 Å². The van der Waals surface area contributed by atoms with Gasteiger partial charge in [0.25, 0.3) is 5.69 Å². The summed E-state index contributed by atoms with van der Waals surface area (Å²) < 4.78 is 10.2. The van der Waals surface area contributed by atoms with Crippen molar-refractivity contribution < 1.29 is 9.55 Å². The third kappa shape index (κ3) is 9.32. The van der Waals surface area contributed by atoms with Crippen LogP contribution in [0.3, 0.4) is 0 Å². The number of aromatic nitrogens is 3. The molecule has 0 fully saturated rings. The monoisotopic (exact) mass is 708 g/mol. The zero-order chi connectivity index (χ0) is 36.3. The minimum Gasteiger partial charge on any atom is -0.339 e. The number of nitro groups is 1. The topological polar surface area (TPSA) is 87.0 Å². The average Bonchev–Trinajstić information content (AvgIpc) is 3.77. The summed E-state index contributed by atoms with van der Waals surface area (Å²) in [5.41, 5.74) is 4.41. The minimum atomic E-state index is -0.493.